The van der Waals surface area contributed by atoms with Crippen molar-refractivity contribution in [3.8, 4) is 5.75 Å². The number of hydrogen-bond acceptors (Lipinski definition) is 1. The first-order valence-electron chi connectivity index (χ1n) is 5.06. The molecular weight excluding hydrogens is 159 g/mol. The number of aryl methyl sites for hydroxylation is 2. The first kappa shape index (κ1) is 10.2. The van der Waals surface area contributed by atoms with Gasteiger partial charge in [-0.25, -0.2) is 0 Å². The SMILES string of the molecule is CBc1c(CC)cc(O)cc1CC. The molecule has 0 atom stereocenters. The van der Waals surface area contributed by atoms with E-state index in [9.17, 15) is 5.11 Å². The molecule has 0 aliphatic rings. The molecule has 0 amide bonds. The van der Waals surface area contributed by atoms with E-state index in [1.54, 1.807) is 0 Å². The van der Waals surface area contributed by atoms with Gasteiger partial charge in [-0.15, -0.1) is 0 Å². The monoisotopic (exact) mass is 176 g/mol. The lowest BCUT2D eigenvalue weighted by Crippen LogP contribution is -2.21. The summed E-state index contributed by atoms with van der Waals surface area (Å²) in [6.45, 7) is 6.44. The van der Waals surface area contributed by atoms with Crippen LogP contribution < -0.4 is 5.46 Å². The summed E-state index contributed by atoms with van der Waals surface area (Å²) in [5.41, 5.74) is 4.00. The van der Waals surface area contributed by atoms with Gasteiger partial charge in [-0.2, -0.15) is 0 Å². The van der Waals surface area contributed by atoms with Crippen LogP contribution in [-0.2, 0) is 12.8 Å². The summed E-state index contributed by atoms with van der Waals surface area (Å²) in [6.07, 6.45) is 2.01. The van der Waals surface area contributed by atoms with Crippen LogP contribution in [0.25, 0.3) is 0 Å². The molecule has 13 heavy (non-hydrogen) atoms. The number of phenolic OH excluding ortho intramolecular Hbond substituents is 1. The zero-order valence-corrected chi connectivity index (χ0v) is 8.72. The van der Waals surface area contributed by atoms with Crippen LogP contribution in [0.15, 0.2) is 12.1 Å². The normalized spacial score (nSPS) is 10.1. The maximum Gasteiger partial charge on any atom is 0.155 e. The van der Waals surface area contributed by atoms with Crippen molar-refractivity contribution in [3.63, 3.8) is 0 Å². The minimum atomic E-state index is 0.408. The highest BCUT2D eigenvalue weighted by Gasteiger charge is 2.06. The fraction of sp³-hybridized carbons (Fsp3) is 0.455. The molecule has 0 aliphatic carbocycles. The van der Waals surface area contributed by atoms with Crippen molar-refractivity contribution < 1.29 is 5.11 Å². The van der Waals surface area contributed by atoms with E-state index in [1.807, 2.05) is 12.1 Å². The standard InChI is InChI=1S/C11H17BO/c1-4-8-6-10(13)7-9(5-2)11(8)12-3/h6-7,12-13H,4-5H2,1-3H3. The Bertz CT molecular complexity index is 269. The molecule has 1 N–H and O–H groups in total. The van der Waals surface area contributed by atoms with E-state index in [4.69, 9.17) is 0 Å². The van der Waals surface area contributed by atoms with Crippen molar-refractivity contribution in [2.75, 3.05) is 0 Å². The van der Waals surface area contributed by atoms with E-state index in [-0.39, 0.29) is 0 Å². The fourth-order valence-corrected chi connectivity index (χ4v) is 1.86. The molecule has 0 unspecified atom stereocenters. The Labute approximate surface area is 81.0 Å². The molecule has 0 bridgehead atoms. The second kappa shape index (κ2) is 4.36. The molecule has 0 spiro atoms. The molecule has 70 valence electrons. The quantitative estimate of drug-likeness (QED) is 0.694. The first-order chi connectivity index (χ1) is 6.22. The second-order valence-corrected chi connectivity index (χ2v) is 3.30. The Kier molecular flexibility index (Phi) is 3.41. The van der Waals surface area contributed by atoms with Gasteiger partial charge in [-0.1, -0.05) is 37.3 Å². The topological polar surface area (TPSA) is 20.2 Å². The Hall–Kier alpha value is -0.915. The van der Waals surface area contributed by atoms with Gasteiger partial charge in [0.05, 0.1) is 0 Å². The van der Waals surface area contributed by atoms with Crippen LogP contribution in [-0.4, -0.2) is 12.4 Å². The highest BCUT2D eigenvalue weighted by Crippen LogP contribution is 2.14. The summed E-state index contributed by atoms with van der Waals surface area (Å²) < 4.78 is 0. The van der Waals surface area contributed by atoms with Gasteiger partial charge in [0.25, 0.3) is 0 Å². The largest absolute Gasteiger partial charge is 0.508 e. The third-order valence-electron chi connectivity index (χ3n) is 2.53. The maximum atomic E-state index is 9.48. The molecule has 1 nitrogen and oxygen atoms in total. The van der Waals surface area contributed by atoms with E-state index in [0.29, 0.717) is 5.75 Å². The molecule has 0 saturated heterocycles. The minimum absolute atomic E-state index is 0.408. The highest BCUT2D eigenvalue weighted by atomic mass is 16.3. The molecule has 1 rings (SSSR count). The molecular formula is C11H17BO. The molecule has 1 aromatic rings. The van der Waals surface area contributed by atoms with Crippen molar-refractivity contribution in [3.05, 3.63) is 23.3 Å². The first-order valence-corrected chi connectivity index (χ1v) is 5.06. The van der Waals surface area contributed by atoms with Crippen LogP contribution >= 0.6 is 0 Å². The van der Waals surface area contributed by atoms with Crippen molar-refractivity contribution in [2.45, 2.75) is 33.5 Å². The van der Waals surface area contributed by atoms with Gasteiger partial charge in [0.2, 0.25) is 0 Å². The van der Waals surface area contributed by atoms with Crippen LogP contribution in [0.1, 0.15) is 25.0 Å². The summed E-state index contributed by atoms with van der Waals surface area (Å²) in [4.78, 5) is 0. The average molecular weight is 176 g/mol. The van der Waals surface area contributed by atoms with Crippen LogP contribution in [0.3, 0.4) is 0 Å². The minimum Gasteiger partial charge on any atom is -0.508 e. The predicted molar refractivity (Wildman–Crippen MR) is 59.5 cm³/mol. The highest BCUT2D eigenvalue weighted by molar-refractivity contribution is 6.53. The Balaban J connectivity index is 3.25. The number of rotatable bonds is 3. The molecule has 0 saturated carbocycles. The van der Waals surface area contributed by atoms with Gasteiger partial charge >= 0.3 is 0 Å². The number of aromatic hydroxyl groups is 1. The summed E-state index contributed by atoms with van der Waals surface area (Å²) in [5.74, 6) is 0.408. The lowest BCUT2D eigenvalue weighted by atomic mass is 9.67. The lowest BCUT2D eigenvalue weighted by Gasteiger charge is -2.11. The fourth-order valence-electron chi connectivity index (χ4n) is 1.86. The van der Waals surface area contributed by atoms with Gasteiger partial charge in [0.1, 0.15) is 5.75 Å². The number of hydrogen-bond donors (Lipinski definition) is 1. The van der Waals surface area contributed by atoms with Crippen LogP contribution in [0.4, 0.5) is 0 Å². The van der Waals surface area contributed by atoms with E-state index in [0.717, 1.165) is 20.1 Å². The molecule has 0 radical (unpaired) electrons. The van der Waals surface area contributed by atoms with Gasteiger partial charge in [0.15, 0.2) is 7.28 Å². The molecule has 0 fully saturated rings. The maximum absolute atomic E-state index is 9.48. The summed E-state index contributed by atoms with van der Waals surface area (Å²) in [5, 5.41) is 9.48. The van der Waals surface area contributed by atoms with Gasteiger partial charge in [0, 0.05) is 0 Å². The number of benzene rings is 1. The van der Waals surface area contributed by atoms with E-state index in [1.165, 1.54) is 16.6 Å². The zero-order chi connectivity index (χ0) is 9.84. The zero-order valence-electron chi connectivity index (χ0n) is 8.72. The second-order valence-electron chi connectivity index (χ2n) is 3.30. The van der Waals surface area contributed by atoms with Gasteiger partial charge in [-0.05, 0) is 25.0 Å². The Morgan fingerprint density at radius 2 is 1.62 bits per heavy atom. The van der Waals surface area contributed by atoms with E-state index in [2.05, 4.69) is 20.7 Å². The molecule has 0 heterocycles. The summed E-state index contributed by atoms with van der Waals surface area (Å²) >= 11 is 0. The van der Waals surface area contributed by atoms with E-state index >= 15 is 0 Å². The van der Waals surface area contributed by atoms with Gasteiger partial charge in [-0.3, -0.25) is 0 Å². The van der Waals surface area contributed by atoms with Crippen LogP contribution in [0, 0.1) is 0 Å². The molecule has 1 aromatic carbocycles. The van der Waals surface area contributed by atoms with Crippen molar-refractivity contribution in [2.24, 2.45) is 0 Å². The number of phenols is 1. The summed E-state index contributed by atoms with van der Waals surface area (Å²) in [7, 11) is 1.06. The van der Waals surface area contributed by atoms with E-state index < -0.39 is 0 Å². The van der Waals surface area contributed by atoms with Crippen LogP contribution in [0.5, 0.6) is 5.75 Å². The van der Waals surface area contributed by atoms with Crippen LogP contribution in [0.2, 0.25) is 6.82 Å². The van der Waals surface area contributed by atoms with Crippen molar-refractivity contribution in [1.82, 2.24) is 0 Å². The Morgan fingerprint density at radius 3 is 1.92 bits per heavy atom. The smallest absolute Gasteiger partial charge is 0.155 e. The predicted octanol–water partition coefficient (Wildman–Crippen LogP) is 1.63. The lowest BCUT2D eigenvalue weighted by molar-refractivity contribution is 0.474. The summed E-state index contributed by atoms with van der Waals surface area (Å²) in [6, 6.07) is 3.77. The van der Waals surface area contributed by atoms with Crippen molar-refractivity contribution >= 4 is 12.7 Å². The molecule has 0 aliphatic heterocycles. The third-order valence-corrected chi connectivity index (χ3v) is 2.53. The molecule has 0 aromatic heterocycles. The average Bonchev–Trinajstić information content (AvgIpc) is 2.16. The Morgan fingerprint density at radius 1 is 1.15 bits per heavy atom. The van der Waals surface area contributed by atoms with Gasteiger partial charge < -0.3 is 5.11 Å². The van der Waals surface area contributed by atoms with Crippen molar-refractivity contribution in [1.29, 1.82) is 0 Å². The molecule has 2 heteroatoms. The third kappa shape index (κ3) is 2.06.